The van der Waals surface area contributed by atoms with Crippen LogP contribution in [0, 0.1) is 11.7 Å². The van der Waals surface area contributed by atoms with Gasteiger partial charge in [-0.05, 0) is 48.2 Å². The number of hydrogen-bond acceptors (Lipinski definition) is 3. The predicted octanol–water partition coefficient (Wildman–Crippen LogP) is 4.17. The Morgan fingerprint density at radius 1 is 1.15 bits per heavy atom. The van der Waals surface area contributed by atoms with Crippen LogP contribution in [0.5, 0.6) is 0 Å². The minimum Gasteiger partial charge on any atom is -0.378 e. The summed E-state index contributed by atoms with van der Waals surface area (Å²) in [6.07, 6.45) is 0.835. The summed E-state index contributed by atoms with van der Waals surface area (Å²) in [7, 11) is 0. The monoisotopic (exact) mass is 418 g/mol. The molecule has 2 aromatic rings. The van der Waals surface area contributed by atoms with E-state index in [-0.39, 0.29) is 23.6 Å². The molecular weight excluding hydrogens is 399 g/mol. The maximum absolute atomic E-state index is 14.4. The topological polar surface area (TPSA) is 41.6 Å². The van der Waals surface area contributed by atoms with Crippen LogP contribution >= 0.6 is 15.9 Å². The molecule has 1 saturated heterocycles. The Hall–Kier alpha value is -1.92. The molecule has 2 fully saturated rings. The molecule has 2 aliphatic rings. The highest BCUT2D eigenvalue weighted by molar-refractivity contribution is 9.10. The molecule has 136 valence electrons. The molecule has 0 bridgehead atoms. The van der Waals surface area contributed by atoms with Gasteiger partial charge in [0.25, 0.3) is 0 Å². The second-order valence-electron chi connectivity index (χ2n) is 6.76. The Morgan fingerprint density at radius 2 is 1.88 bits per heavy atom. The summed E-state index contributed by atoms with van der Waals surface area (Å²) in [5.74, 6) is -0.153. The van der Waals surface area contributed by atoms with Crippen LogP contribution in [-0.2, 0) is 9.53 Å². The van der Waals surface area contributed by atoms with Gasteiger partial charge in [0, 0.05) is 29.2 Å². The van der Waals surface area contributed by atoms with Crippen molar-refractivity contribution in [3.63, 3.8) is 0 Å². The van der Waals surface area contributed by atoms with E-state index in [1.54, 1.807) is 12.1 Å². The number of carbonyl (C=O) groups excluding carboxylic acids is 1. The number of nitrogens with zero attached hydrogens (tertiary/aromatic N) is 1. The van der Waals surface area contributed by atoms with E-state index < -0.39 is 0 Å². The maximum Gasteiger partial charge on any atom is 0.228 e. The first-order chi connectivity index (χ1) is 12.6. The summed E-state index contributed by atoms with van der Waals surface area (Å²) in [5, 5.41) is 2.85. The van der Waals surface area contributed by atoms with E-state index in [1.807, 2.05) is 29.2 Å². The van der Waals surface area contributed by atoms with Crippen LogP contribution in [0.1, 0.15) is 17.9 Å². The first kappa shape index (κ1) is 17.5. The molecule has 1 N–H and O–H groups in total. The van der Waals surface area contributed by atoms with Crippen LogP contribution in [0.15, 0.2) is 46.9 Å². The second kappa shape index (κ2) is 7.37. The van der Waals surface area contributed by atoms with E-state index in [0.717, 1.165) is 10.9 Å². The quantitative estimate of drug-likeness (QED) is 0.809. The zero-order chi connectivity index (χ0) is 18.1. The average molecular weight is 419 g/mol. The van der Waals surface area contributed by atoms with Crippen LogP contribution < -0.4 is 10.2 Å². The summed E-state index contributed by atoms with van der Waals surface area (Å²) in [6.45, 7) is 2.58. The number of hydrogen-bond donors (Lipinski definition) is 1. The van der Waals surface area contributed by atoms with Crippen molar-refractivity contribution in [3.8, 4) is 0 Å². The summed E-state index contributed by atoms with van der Waals surface area (Å²) in [4.78, 5) is 14.4. The van der Waals surface area contributed by atoms with E-state index in [4.69, 9.17) is 4.74 Å². The molecule has 0 spiro atoms. The van der Waals surface area contributed by atoms with Crippen LogP contribution in [0.2, 0.25) is 0 Å². The minimum atomic E-state index is -0.315. The number of carbonyl (C=O) groups is 1. The van der Waals surface area contributed by atoms with Gasteiger partial charge in [0.2, 0.25) is 5.91 Å². The van der Waals surface area contributed by atoms with Gasteiger partial charge in [-0.25, -0.2) is 4.39 Å². The van der Waals surface area contributed by atoms with Crippen LogP contribution in [-0.4, -0.2) is 32.2 Å². The van der Waals surface area contributed by atoms with Crippen LogP contribution in [0.3, 0.4) is 0 Å². The number of morpholine rings is 1. The van der Waals surface area contributed by atoms with Crippen molar-refractivity contribution in [3.05, 3.63) is 58.3 Å². The first-order valence-electron chi connectivity index (χ1n) is 8.80. The lowest BCUT2D eigenvalue weighted by Gasteiger charge is -2.29. The van der Waals surface area contributed by atoms with Crippen molar-refractivity contribution in [2.45, 2.75) is 12.3 Å². The van der Waals surface area contributed by atoms with Gasteiger partial charge in [0.05, 0.1) is 18.9 Å². The SMILES string of the molecule is O=C(Nc1ccc(N2CCOCC2)c(F)c1)C1CC1c1ccc(Br)cc1. The molecule has 1 aliphatic heterocycles. The van der Waals surface area contributed by atoms with Gasteiger partial charge >= 0.3 is 0 Å². The third kappa shape index (κ3) is 3.76. The van der Waals surface area contributed by atoms with Crippen molar-refractivity contribution < 1.29 is 13.9 Å². The number of anilines is 2. The van der Waals surface area contributed by atoms with E-state index in [2.05, 4.69) is 21.2 Å². The minimum absolute atomic E-state index is 0.0434. The fourth-order valence-electron chi connectivity index (χ4n) is 3.44. The molecule has 1 amide bonds. The van der Waals surface area contributed by atoms with Gasteiger partial charge in [-0.3, -0.25) is 4.79 Å². The maximum atomic E-state index is 14.4. The highest BCUT2D eigenvalue weighted by Gasteiger charge is 2.43. The number of rotatable bonds is 4. The smallest absolute Gasteiger partial charge is 0.228 e. The molecule has 1 saturated carbocycles. The van der Waals surface area contributed by atoms with Crippen molar-refractivity contribution in [1.82, 2.24) is 0 Å². The highest BCUT2D eigenvalue weighted by atomic mass is 79.9. The van der Waals surface area contributed by atoms with E-state index in [0.29, 0.717) is 37.7 Å². The number of halogens is 2. The van der Waals surface area contributed by atoms with Gasteiger partial charge in [0.15, 0.2) is 0 Å². The molecule has 4 rings (SSSR count). The Bertz CT molecular complexity index is 806. The van der Waals surface area contributed by atoms with Gasteiger partial charge in [0.1, 0.15) is 5.82 Å². The highest BCUT2D eigenvalue weighted by Crippen LogP contribution is 2.48. The molecule has 4 nitrogen and oxygen atoms in total. The number of nitrogens with one attached hydrogen (secondary N) is 1. The van der Waals surface area contributed by atoms with E-state index >= 15 is 0 Å². The third-order valence-corrected chi connectivity index (χ3v) is 5.52. The molecule has 0 aromatic heterocycles. The zero-order valence-corrected chi connectivity index (χ0v) is 15.8. The first-order valence-corrected chi connectivity index (χ1v) is 9.60. The Morgan fingerprint density at radius 3 is 2.58 bits per heavy atom. The lowest BCUT2D eigenvalue weighted by molar-refractivity contribution is -0.117. The van der Waals surface area contributed by atoms with Gasteiger partial charge < -0.3 is 15.0 Å². The predicted molar refractivity (Wildman–Crippen MR) is 103 cm³/mol. The fraction of sp³-hybridized carbons (Fsp3) is 0.350. The molecule has 0 radical (unpaired) electrons. The lowest BCUT2D eigenvalue weighted by atomic mass is 10.1. The molecular formula is C20H20BrFN2O2. The van der Waals surface area contributed by atoms with Gasteiger partial charge in [-0.15, -0.1) is 0 Å². The largest absolute Gasteiger partial charge is 0.378 e. The standard InChI is InChI=1S/C20H20BrFN2O2/c21-14-3-1-13(2-4-14)16-12-17(16)20(25)23-15-5-6-19(18(22)11-15)24-7-9-26-10-8-24/h1-6,11,16-17H,7-10,12H2,(H,23,25). The third-order valence-electron chi connectivity index (χ3n) is 4.99. The number of benzene rings is 2. The van der Waals surface area contributed by atoms with Gasteiger partial charge in [-0.1, -0.05) is 28.1 Å². The molecule has 2 aromatic carbocycles. The molecule has 6 heteroatoms. The van der Waals surface area contributed by atoms with Crippen molar-refractivity contribution in [2.24, 2.45) is 5.92 Å². The van der Waals surface area contributed by atoms with E-state index in [1.165, 1.54) is 11.6 Å². The number of ether oxygens (including phenoxy) is 1. The summed E-state index contributed by atoms with van der Waals surface area (Å²) < 4.78 is 20.8. The molecule has 1 aliphatic carbocycles. The number of amides is 1. The average Bonchev–Trinajstić information content (AvgIpc) is 3.44. The normalized spacial score (nSPS) is 22.2. The van der Waals surface area contributed by atoms with Crippen LogP contribution in [0.25, 0.3) is 0 Å². The van der Waals surface area contributed by atoms with Crippen molar-refractivity contribution in [1.29, 1.82) is 0 Å². The molecule has 26 heavy (non-hydrogen) atoms. The van der Waals surface area contributed by atoms with Crippen molar-refractivity contribution in [2.75, 3.05) is 36.5 Å². The molecule has 1 heterocycles. The van der Waals surface area contributed by atoms with Crippen LogP contribution in [0.4, 0.5) is 15.8 Å². The molecule has 2 atom stereocenters. The summed E-state index contributed by atoms with van der Waals surface area (Å²) >= 11 is 3.42. The summed E-state index contributed by atoms with van der Waals surface area (Å²) in [6, 6.07) is 13.0. The lowest BCUT2D eigenvalue weighted by Crippen LogP contribution is -2.36. The molecule has 2 unspecified atom stereocenters. The fourth-order valence-corrected chi connectivity index (χ4v) is 3.71. The Balaban J connectivity index is 1.39. The Labute approximate surface area is 160 Å². The van der Waals surface area contributed by atoms with Crippen molar-refractivity contribution >= 4 is 33.2 Å². The van der Waals surface area contributed by atoms with Gasteiger partial charge in [-0.2, -0.15) is 0 Å². The Kier molecular flexibility index (Phi) is 4.96. The summed E-state index contributed by atoms with van der Waals surface area (Å²) in [5.41, 5.74) is 2.23. The van der Waals surface area contributed by atoms with E-state index in [9.17, 15) is 9.18 Å². The second-order valence-corrected chi connectivity index (χ2v) is 7.67. The zero-order valence-electron chi connectivity index (χ0n) is 14.3.